The number of nitrogens with one attached hydrogen (secondary N) is 1. The van der Waals surface area contributed by atoms with E-state index in [4.69, 9.17) is 0 Å². The van der Waals surface area contributed by atoms with E-state index < -0.39 is 9.84 Å². The van der Waals surface area contributed by atoms with Crippen LogP contribution in [0.5, 0.6) is 5.75 Å². The van der Waals surface area contributed by atoms with Gasteiger partial charge in [-0.1, -0.05) is 33.8 Å². The maximum absolute atomic E-state index is 11.8. The summed E-state index contributed by atoms with van der Waals surface area (Å²) >= 11 is 0. The zero-order chi connectivity index (χ0) is 14.8. The van der Waals surface area contributed by atoms with Crippen molar-refractivity contribution in [2.45, 2.75) is 44.6 Å². The van der Waals surface area contributed by atoms with Gasteiger partial charge < -0.3 is 10.4 Å². The average molecular weight is 322 g/mol. The summed E-state index contributed by atoms with van der Waals surface area (Å²) in [6, 6.07) is 3.44. The molecule has 0 aromatic heterocycles. The molecule has 116 valence electrons. The smallest absolute Gasteiger partial charge is 0.179 e. The van der Waals surface area contributed by atoms with Gasteiger partial charge >= 0.3 is 0 Å². The second kappa shape index (κ2) is 6.78. The van der Waals surface area contributed by atoms with Gasteiger partial charge in [0, 0.05) is 18.4 Å². The number of aromatic hydroxyl groups is 1. The van der Waals surface area contributed by atoms with E-state index in [2.05, 4.69) is 5.32 Å². The SMILES string of the molecule is CCNCc1cc(C(C)(C)C)cc(S(C)(=O)=O)c1O.Cl. The van der Waals surface area contributed by atoms with Crippen LogP contribution < -0.4 is 5.32 Å². The fraction of sp³-hybridized carbons (Fsp3) is 0.571. The van der Waals surface area contributed by atoms with Gasteiger partial charge in [-0.15, -0.1) is 12.4 Å². The van der Waals surface area contributed by atoms with Gasteiger partial charge in [-0.25, -0.2) is 8.42 Å². The van der Waals surface area contributed by atoms with Gasteiger partial charge in [0.15, 0.2) is 9.84 Å². The maximum Gasteiger partial charge on any atom is 0.179 e. The van der Waals surface area contributed by atoms with Gasteiger partial charge in [0.05, 0.1) is 0 Å². The molecule has 0 aliphatic carbocycles. The van der Waals surface area contributed by atoms with Crippen molar-refractivity contribution in [1.29, 1.82) is 0 Å². The molecule has 20 heavy (non-hydrogen) atoms. The highest BCUT2D eigenvalue weighted by atomic mass is 35.5. The Morgan fingerprint density at radius 2 is 1.80 bits per heavy atom. The lowest BCUT2D eigenvalue weighted by atomic mass is 9.86. The Bertz CT molecular complexity index is 563. The molecule has 0 heterocycles. The number of rotatable bonds is 4. The molecule has 2 N–H and O–H groups in total. The zero-order valence-corrected chi connectivity index (χ0v) is 14.3. The lowest BCUT2D eigenvalue weighted by Gasteiger charge is -2.22. The molecule has 1 aromatic rings. The first-order chi connectivity index (χ1) is 8.57. The van der Waals surface area contributed by atoms with Crippen LogP contribution in [0.25, 0.3) is 0 Å². The van der Waals surface area contributed by atoms with Crippen LogP contribution in [-0.2, 0) is 21.8 Å². The molecule has 0 fully saturated rings. The average Bonchev–Trinajstić information content (AvgIpc) is 2.24. The lowest BCUT2D eigenvalue weighted by molar-refractivity contribution is 0.447. The number of hydrogen-bond acceptors (Lipinski definition) is 4. The lowest BCUT2D eigenvalue weighted by Crippen LogP contribution is -2.16. The standard InChI is InChI=1S/C14H23NO3S.ClH/c1-6-15-9-10-7-11(14(2,3)4)8-12(13(10)16)19(5,17)18;/h7-8,15-16H,6,9H2,1-5H3;1H. The van der Waals surface area contributed by atoms with Gasteiger partial charge in [0.25, 0.3) is 0 Å². The second-order valence-corrected chi connectivity index (χ2v) is 7.77. The number of hydrogen-bond donors (Lipinski definition) is 2. The molecule has 0 atom stereocenters. The molecule has 0 bridgehead atoms. The molecule has 0 aliphatic heterocycles. The highest BCUT2D eigenvalue weighted by molar-refractivity contribution is 7.90. The predicted octanol–water partition coefficient (Wildman–Crippen LogP) is 2.62. The number of halogens is 1. The van der Waals surface area contributed by atoms with Gasteiger partial charge in [-0.05, 0) is 23.6 Å². The highest BCUT2D eigenvalue weighted by Crippen LogP contribution is 2.33. The van der Waals surface area contributed by atoms with Crippen LogP contribution in [0.3, 0.4) is 0 Å². The Labute approximate surface area is 127 Å². The van der Waals surface area contributed by atoms with E-state index in [9.17, 15) is 13.5 Å². The van der Waals surface area contributed by atoms with Crippen molar-refractivity contribution in [2.75, 3.05) is 12.8 Å². The van der Waals surface area contributed by atoms with Crippen LogP contribution in [0, 0.1) is 0 Å². The van der Waals surface area contributed by atoms with Gasteiger partial charge in [-0.3, -0.25) is 0 Å². The number of benzene rings is 1. The third kappa shape index (κ3) is 4.65. The van der Waals surface area contributed by atoms with Crippen molar-refractivity contribution in [3.63, 3.8) is 0 Å². The Kier molecular flexibility index (Phi) is 6.52. The molecule has 6 heteroatoms. The molecule has 0 saturated carbocycles. The van der Waals surface area contributed by atoms with Crippen molar-refractivity contribution in [3.05, 3.63) is 23.3 Å². The molecule has 1 aromatic carbocycles. The summed E-state index contributed by atoms with van der Waals surface area (Å²) in [7, 11) is -3.44. The second-order valence-electron chi connectivity index (χ2n) is 5.78. The van der Waals surface area contributed by atoms with Crippen LogP contribution in [0.2, 0.25) is 0 Å². The van der Waals surface area contributed by atoms with Crippen LogP contribution in [0.1, 0.15) is 38.8 Å². The minimum absolute atomic E-state index is 0. The Balaban J connectivity index is 0.00000361. The summed E-state index contributed by atoms with van der Waals surface area (Å²) in [6.45, 7) is 9.22. The first-order valence-electron chi connectivity index (χ1n) is 6.34. The number of phenolic OH excluding ortho intramolecular Hbond substituents is 1. The first-order valence-corrected chi connectivity index (χ1v) is 8.23. The third-order valence-corrected chi connectivity index (χ3v) is 4.09. The molecule has 1 rings (SSSR count). The van der Waals surface area contributed by atoms with Crippen LogP contribution in [0.4, 0.5) is 0 Å². The molecule has 0 aliphatic rings. The highest BCUT2D eigenvalue weighted by Gasteiger charge is 2.22. The predicted molar refractivity (Wildman–Crippen MR) is 84.5 cm³/mol. The summed E-state index contributed by atoms with van der Waals surface area (Å²) in [5.41, 5.74) is 1.35. The van der Waals surface area contributed by atoms with E-state index >= 15 is 0 Å². The summed E-state index contributed by atoms with van der Waals surface area (Å²) < 4.78 is 23.6. The Hall–Kier alpha value is -0.780. The minimum Gasteiger partial charge on any atom is -0.506 e. The van der Waals surface area contributed by atoms with Crippen molar-refractivity contribution in [1.82, 2.24) is 5.32 Å². The van der Waals surface area contributed by atoms with Crippen molar-refractivity contribution >= 4 is 22.2 Å². The quantitative estimate of drug-likeness (QED) is 0.894. The van der Waals surface area contributed by atoms with Crippen LogP contribution >= 0.6 is 12.4 Å². The van der Waals surface area contributed by atoms with E-state index in [0.717, 1.165) is 18.4 Å². The minimum atomic E-state index is -3.44. The van der Waals surface area contributed by atoms with Gasteiger partial charge in [0.1, 0.15) is 10.6 Å². The molecule has 0 saturated heterocycles. The fourth-order valence-corrected chi connectivity index (χ4v) is 2.60. The van der Waals surface area contributed by atoms with E-state index in [1.165, 1.54) is 0 Å². The van der Waals surface area contributed by atoms with Crippen LogP contribution in [-0.4, -0.2) is 26.3 Å². The monoisotopic (exact) mass is 321 g/mol. The molecule has 0 unspecified atom stereocenters. The van der Waals surface area contributed by atoms with E-state index in [-0.39, 0.29) is 28.5 Å². The Morgan fingerprint density at radius 3 is 2.20 bits per heavy atom. The topological polar surface area (TPSA) is 66.4 Å². The van der Waals surface area contributed by atoms with Crippen LogP contribution in [0.15, 0.2) is 17.0 Å². The van der Waals surface area contributed by atoms with E-state index in [1.807, 2.05) is 33.8 Å². The molecular weight excluding hydrogens is 298 g/mol. The molecule has 4 nitrogen and oxygen atoms in total. The van der Waals surface area contributed by atoms with Crippen molar-refractivity contribution in [3.8, 4) is 5.75 Å². The fourth-order valence-electron chi connectivity index (χ4n) is 1.78. The molecule has 0 radical (unpaired) electrons. The largest absolute Gasteiger partial charge is 0.506 e. The third-order valence-electron chi connectivity index (χ3n) is 2.98. The Morgan fingerprint density at radius 1 is 1.25 bits per heavy atom. The summed E-state index contributed by atoms with van der Waals surface area (Å²) in [6.07, 6.45) is 1.12. The summed E-state index contributed by atoms with van der Waals surface area (Å²) in [4.78, 5) is 0.00725. The van der Waals surface area contributed by atoms with E-state index in [1.54, 1.807) is 6.07 Å². The van der Waals surface area contributed by atoms with E-state index in [0.29, 0.717) is 12.1 Å². The number of sulfone groups is 1. The molecule has 0 amide bonds. The molecular formula is C14H24ClNO3S. The first kappa shape index (κ1) is 19.2. The normalized spacial score (nSPS) is 12.1. The summed E-state index contributed by atoms with van der Waals surface area (Å²) in [5, 5.41) is 13.2. The van der Waals surface area contributed by atoms with Gasteiger partial charge in [0.2, 0.25) is 0 Å². The number of phenols is 1. The van der Waals surface area contributed by atoms with Gasteiger partial charge in [-0.2, -0.15) is 0 Å². The molecule has 0 spiro atoms. The maximum atomic E-state index is 11.8. The summed E-state index contributed by atoms with van der Waals surface area (Å²) in [5.74, 6) is -0.142. The zero-order valence-electron chi connectivity index (χ0n) is 12.6. The van der Waals surface area contributed by atoms with Crippen molar-refractivity contribution < 1.29 is 13.5 Å². The van der Waals surface area contributed by atoms with Crippen molar-refractivity contribution in [2.24, 2.45) is 0 Å².